The zero-order valence-corrected chi connectivity index (χ0v) is 18.0. The number of amides is 2. The van der Waals surface area contributed by atoms with Gasteiger partial charge in [0.2, 0.25) is 5.91 Å². The Labute approximate surface area is 182 Å². The summed E-state index contributed by atoms with van der Waals surface area (Å²) in [6.07, 6.45) is -0.178. The van der Waals surface area contributed by atoms with Crippen LogP contribution in [0.5, 0.6) is 0 Å². The van der Waals surface area contributed by atoms with Crippen molar-refractivity contribution >= 4 is 40.8 Å². The predicted octanol–water partition coefficient (Wildman–Crippen LogP) is -0.0746. The minimum Gasteiger partial charge on any atom is -0.462 e. The van der Waals surface area contributed by atoms with Crippen LogP contribution in [0.3, 0.4) is 0 Å². The molecule has 1 aliphatic rings. The van der Waals surface area contributed by atoms with Gasteiger partial charge >= 0.3 is 17.3 Å². The first-order valence-corrected chi connectivity index (χ1v) is 9.85. The van der Waals surface area contributed by atoms with Crippen molar-refractivity contribution in [3.05, 3.63) is 45.9 Å². The van der Waals surface area contributed by atoms with Crippen LogP contribution in [0.4, 0.5) is 5.69 Å². The van der Waals surface area contributed by atoms with E-state index in [1.54, 1.807) is 26.1 Å². The predicted molar refractivity (Wildman–Crippen MR) is 111 cm³/mol. The molecule has 3 rings (SSSR count). The molecule has 1 atom stereocenters. The number of likely N-dealkylation sites (N-methyl/N-ethyl adjacent to an activating group) is 1. The lowest BCUT2D eigenvalue weighted by Crippen LogP contribution is -2.44. The van der Waals surface area contributed by atoms with Crippen molar-refractivity contribution in [2.24, 2.45) is 7.05 Å². The first kappa shape index (κ1) is 22.2. The fraction of sp³-hybridized carbons (Fsp3) is 0.368. The molecular formula is C19H22N5O6S+. The number of ether oxygens (including phenoxy) is 1. The molecule has 0 radical (unpaired) electrons. The normalized spacial score (nSPS) is 16.0. The molecule has 12 heteroatoms. The highest BCUT2D eigenvalue weighted by Gasteiger charge is 2.43. The van der Waals surface area contributed by atoms with Gasteiger partial charge < -0.3 is 15.0 Å². The lowest BCUT2D eigenvalue weighted by molar-refractivity contribution is -0.746. The Morgan fingerprint density at radius 3 is 2.55 bits per heavy atom. The van der Waals surface area contributed by atoms with Crippen molar-refractivity contribution in [2.45, 2.75) is 25.9 Å². The summed E-state index contributed by atoms with van der Waals surface area (Å²) in [7, 11) is 3.11. The van der Waals surface area contributed by atoms with Crippen LogP contribution in [0.2, 0.25) is 0 Å². The molecule has 1 aromatic heterocycles. The van der Waals surface area contributed by atoms with Gasteiger partial charge in [0.15, 0.2) is 12.2 Å². The molecule has 2 heterocycles. The van der Waals surface area contributed by atoms with Gasteiger partial charge in [-0.15, -0.1) is 0 Å². The number of anilines is 1. The summed E-state index contributed by atoms with van der Waals surface area (Å²) < 4.78 is 11.0. The summed E-state index contributed by atoms with van der Waals surface area (Å²) in [5.41, 5.74) is 0.494. The number of nitrogens with one attached hydrogen (secondary N) is 2. The zero-order chi connectivity index (χ0) is 22.7. The molecule has 0 bridgehead atoms. The van der Waals surface area contributed by atoms with Crippen LogP contribution in [0.15, 0.2) is 33.6 Å². The van der Waals surface area contributed by atoms with Crippen molar-refractivity contribution in [1.82, 2.24) is 15.1 Å². The molecule has 31 heavy (non-hydrogen) atoms. The lowest BCUT2D eigenvalue weighted by Gasteiger charge is -2.21. The Bertz CT molecular complexity index is 1080. The third kappa shape index (κ3) is 4.63. The molecule has 2 amide bonds. The molecule has 1 aromatic carbocycles. The third-order valence-electron chi connectivity index (χ3n) is 4.82. The van der Waals surface area contributed by atoms with Crippen LogP contribution in [0.1, 0.15) is 29.4 Å². The molecule has 2 aromatic rings. The summed E-state index contributed by atoms with van der Waals surface area (Å²) in [6.45, 7) is 1.98. The molecule has 1 fully saturated rings. The van der Waals surface area contributed by atoms with Gasteiger partial charge in [-0.1, -0.05) is 4.68 Å². The van der Waals surface area contributed by atoms with E-state index in [0.29, 0.717) is 11.3 Å². The second-order valence-corrected chi connectivity index (χ2v) is 7.23. The van der Waals surface area contributed by atoms with Crippen molar-refractivity contribution < 1.29 is 28.3 Å². The zero-order valence-electron chi connectivity index (χ0n) is 17.2. The quantitative estimate of drug-likeness (QED) is 0.342. The number of benzene rings is 1. The molecule has 1 saturated heterocycles. The van der Waals surface area contributed by atoms with Crippen molar-refractivity contribution in [3.8, 4) is 0 Å². The molecule has 11 nitrogen and oxygen atoms in total. The average molecular weight is 448 g/mol. The highest BCUT2D eigenvalue weighted by molar-refractivity contribution is 7.80. The second kappa shape index (κ2) is 9.08. The van der Waals surface area contributed by atoms with E-state index >= 15 is 0 Å². The summed E-state index contributed by atoms with van der Waals surface area (Å²) in [6, 6.07) is 5.34. The Morgan fingerprint density at radius 1 is 1.29 bits per heavy atom. The average Bonchev–Trinajstić information content (AvgIpc) is 3.15. The van der Waals surface area contributed by atoms with Crippen LogP contribution in [0, 0.1) is 0 Å². The molecule has 2 N–H and O–H groups in total. The van der Waals surface area contributed by atoms with E-state index in [1.807, 2.05) is 0 Å². The van der Waals surface area contributed by atoms with Gasteiger partial charge in [0.25, 0.3) is 5.91 Å². The lowest BCUT2D eigenvalue weighted by atomic mass is 10.1. The minimum atomic E-state index is -0.870. The maximum absolute atomic E-state index is 12.6. The summed E-state index contributed by atoms with van der Waals surface area (Å²) in [5, 5.41) is 5.31. The number of hydrogen-bond acceptors (Lipinski definition) is 7. The maximum atomic E-state index is 12.6. The SMILES string of the molecule is CCOC(=O)c1ccc(NC(=O)CC2C(=O)N(C)C(=S)N2Cc2c(=O)o[nH][n+]2C)cc1. The van der Waals surface area contributed by atoms with Gasteiger partial charge in [-0.2, -0.15) is 0 Å². The third-order valence-corrected chi connectivity index (χ3v) is 5.33. The molecule has 0 aliphatic carbocycles. The van der Waals surface area contributed by atoms with Crippen molar-refractivity contribution in [1.29, 1.82) is 0 Å². The monoisotopic (exact) mass is 448 g/mol. The van der Waals surface area contributed by atoms with E-state index in [2.05, 4.69) is 10.6 Å². The standard InChI is InChI=1S/C19H21N5O6S/c1-4-29-17(27)11-5-7-12(8-6-11)20-15(25)9-13-16(26)22(2)19(31)24(13)10-14-18(28)30-21-23(14)3/h5-8,13H,4,9-10H2,1-3H3,(H-,20,21,25,27,28)/p+1. The van der Waals surface area contributed by atoms with Gasteiger partial charge in [-0.05, 0) is 48.7 Å². The van der Waals surface area contributed by atoms with E-state index in [4.69, 9.17) is 21.5 Å². The van der Waals surface area contributed by atoms with Gasteiger partial charge in [0, 0.05) is 12.7 Å². The molecule has 164 valence electrons. The van der Waals surface area contributed by atoms with E-state index < -0.39 is 23.5 Å². The van der Waals surface area contributed by atoms with Crippen molar-refractivity contribution in [3.63, 3.8) is 0 Å². The number of nitrogens with zero attached hydrogens (tertiary/aromatic N) is 3. The van der Waals surface area contributed by atoms with Crippen LogP contribution >= 0.6 is 12.2 Å². The van der Waals surface area contributed by atoms with E-state index in [-0.39, 0.29) is 36.3 Å². The second-order valence-electron chi connectivity index (χ2n) is 6.86. The summed E-state index contributed by atoms with van der Waals surface area (Å²) in [5.74, 6) is -1.22. The Kier molecular flexibility index (Phi) is 6.49. The fourth-order valence-electron chi connectivity index (χ4n) is 3.14. The van der Waals surface area contributed by atoms with Crippen LogP contribution in [-0.4, -0.2) is 57.7 Å². The van der Waals surface area contributed by atoms with Crippen LogP contribution in [-0.2, 0) is 27.9 Å². The van der Waals surface area contributed by atoms with E-state index in [1.165, 1.54) is 33.7 Å². The van der Waals surface area contributed by atoms with Gasteiger partial charge in [0.05, 0.1) is 18.6 Å². The smallest absolute Gasteiger partial charge is 0.431 e. The first-order chi connectivity index (χ1) is 14.7. The van der Waals surface area contributed by atoms with E-state index in [9.17, 15) is 19.2 Å². The van der Waals surface area contributed by atoms with Gasteiger partial charge in [0.1, 0.15) is 12.6 Å². The number of aromatic nitrogens is 2. The highest BCUT2D eigenvalue weighted by atomic mass is 32.1. The molecule has 0 spiro atoms. The van der Waals surface area contributed by atoms with Gasteiger partial charge in [-0.3, -0.25) is 19.0 Å². The number of aromatic amines is 1. The minimum absolute atomic E-state index is 0.00340. The summed E-state index contributed by atoms with van der Waals surface area (Å²) in [4.78, 5) is 51.6. The molecule has 1 unspecified atom stereocenters. The van der Waals surface area contributed by atoms with E-state index in [0.717, 1.165) is 0 Å². The Balaban J connectivity index is 1.71. The number of hydrogen-bond donors (Lipinski definition) is 2. The topological polar surface area (TPSA) is 129 Å². The molecule has 0 saturated carbocycles. The summed E-state index contributed by atoms with van der Waals surface area (Å²) >= 11 is 5.32. The van der Waals surface area contributed by atoms with Gasteiger partial charge in [-0.25, -0.2) is 9.59 Å². The fourth-order valence-corrected chi connectivity index (χ4v) is 3.42. The highest BCUT2D eigenvalue weighted by Crippen LogP contribution is 2.21. The largest absolute Gasteiger partial charge is 0.462 e. The number of aryl methyl sites for hydroxylation is 1. The Hall–Kier alpha value is -3.54. The number of esters is 1. The Morgan fingerprint density at radius 2 is 1.97 bits per heavy atom. The molecular weight excluding hydrogens is 426 g/mol. The number of carbonyl (C=O) groups excluding carboxylic acids is 3. The van der Waals surface area contributed by atoms with Crippen molar-refractivity contribution in [2.75, 3.05) is 19.0 Å². The number of rotatable bonds is 7. The van der Waals surface area contributed by atoms with Crippen LogP contribution in [0.25, 0.3) is 0 Å². The number of carbonyl (C=O) groups is 3. The number of H-pyrrole nitrogens is 1. The first-order valence-electron chi connectivity index (χ1n) is 9.44. The van der Waals surface area contributed by atoms with Crippen LogP contribution < -0.4 is 15.6 Å². The number of thiocarbonyl (C=S) groups is 1. The maximum Gasteiger partial charge on any atom is 0.431 e. The molecule has 1 aliphatic heterocycles.